The van der Waals surface area contributed by atoms with Gasteiger partial charge in [-0.2, -0.15) is 0 Å². The second-order valence-electron chi connectivity index (χ2n) is 4.30. The first kappa shape index (κ1) is 14.3. The molecule has 0 saturated carbocycles. The van der Waals surface area contributed by atoms with Crippen LogP contribution >= 0.6 is 0 Å². The van der Waals surface area contributed by atoms with Gasteiger partial charge in [0.15, 0.2) is 17.3 Å². The molecule has 2 rings (SSSR count). The van der Waals surface area contributed by atoms with Gasteiger partial charge >= 0.3 is 0 Å². The molecule has 0 aromatic heterocycles. The van der Waals surface area contributed by atoms with Crippen LogP contribution in [0.25, 0.3) is 6.08 Å². The highest BCUT2D eigenvalue weighted by Crippen LogP contribution is 2.33. The van der Waals surface area contributed by atoms with E-state index in [0.29, 0.717) is 0 Å². The Kier molecular flexibility index (Phi) is 3.71. The minimum Gasteiger partial charge on any atom is -0.508 e. The molecule has 0 aliphatic carbocycles. The molecule has 2 aromatic rings. The third-order valence-electron chi connectivity index (χ3n) is 2.78. The van der Waals surface area contributed by atoms with Gasteiger partial charge in [-0.25, -0.2) is 0 Å². The van der Waals surface area contributed by atoms with Crippen molar-refractivity contribution in [2.24, 2.45) is 0 Å². The van der Waals surface area contributed by atoms with Crippen molar-refractivity contribution in [3.8, 4) is 28.7 Å². The minimum absolute atomic E-state index is 0.0217. The van der Waals surface area contributed by atoms with Crippen molar-refractivity contribution in [3.05, 3.63) is 47.5 Å². The lowest BCUT2D eigenvalue weighted by Gasteiger charge is -2.03. The van der Waals surface area contributed by atoms with Crippen molar-refractivity contribution >= 4 is 11.9 Å². The third-order valence-corrected chi connectivity index (χ3v) is 2.78. The fraction of sp³-hybridized carbons (Fsp3) is 0. The molecule has 0 atom stereocenters. The smallest absolute Gasteiger partial charge is 0.189 e. The zero-order valence-electron chi connectivity index (χ0n) is 10.7. The first-order valence-electron chi connectivity index (χ1n) is 5.88. The number of phenols is 5. The molecule has 21 heavy (non-hydrogen) atoms. The van der Waals surface area contributed by atoms with E-state index >= 15 is 0 Å². The number of hydrogen-bond donors (Lipinski definition) is 5. The fourth-order valence-corrected chi connectivity index (χ4v) is 1.70. The van der Waals surface area contributed by atoms with Crippen molar-refractivity contribution in [2.75, 3.05) is 0 Å². The first-order valence-corrected chi connectivity index (χ1v) is 5.88. The zero-order valence-corrected chi connectivity index (χ0v) is 10.7. The monoisotopic (exact) mass is 288 g/mol. The summed E-state index contributed by atoms with van der Waals surface area (Å²) in [4.78, 5) is 11.9. The summed E-state index contributed by atoms with van der Waals surface area (Å²) in [5, 5.41) is 46.8. The van der Waals surface area contributed by atoms with E-state index in [1.54, 1.807) is 0 Å². The maximum atomic E-state index is 11.9. The van der Waals surface area contributed by atoms with Crippen LogP contribution < -0.4 is 0 Å². The third kappa shape index (κ3) is 3.06. The van der Waals surface area contributed by atoms with Crippen LogP contribution in [0, 0.1) is 0 Å². The van der Waals surface area contributed by atoms with Crippen molar-refractivity contribution in [1.29, 1.82) is 0 Å². The number of benzene rings is 2. The lowest BCUT2D eigenvalue weighted by Crippen LogP contribution is -1.94. The Bertz CT molecular complexity index is 733. The van der Waals surface area contributed by atoms with Gasteiger partial charge in [0, 0.05) is 17.7 Å². The number of carbonyl (C=O) groups is 1. The maximum Gasteiger partial charge on any atom is 0.189 e. The summed E-state index contributed by atoms with van der Waals surface area (Å²) < 4.78 is 0. The number of aromatic hydroxyl groups is 5. The molecule has 0 spiro atoms. The topological polar surface area (TPSA) is 118 Å². The fourth-order valence-electron chi connectivity index (χ4n) is 1.70. The Hall–Kier alpha value is -3.15. The van der Waals surface area contributed by atoms with E-state index in [2.05, 4.69) is 0 Å². The average Bonchev–Trinajstić information content (AvgIpc) is 2.41. The molecule has 6 nitrogen and oxygen atoms in total. The number of allylic oxidation sites excluding steroid dienone is 1. The van der Waals surface area contributed by atoms with Crippen LogP contribution in [0.15, 0.2) is 36.4 Å². The molecule has 0 amide bonds. The van der Waals surface area contributed by atoms with Crippen molar-refractivity contribution < 1.29 is 30.3 Å². The van der Waals surface area contributed by atoms with Gasteiger partial charge in [-0.15, -0.1) is 0 Å². The summed E-state index contributed by atoms with van der Waals surface area (Å²) in [6, 6.07) is 5.57. The van der Waals surface area contributed by atoms with E-state index in [9.17, 15) is 25.2 Å². The summed E-state index contributed by atoms with van der Waals surface area (Å²) in [5.41, 5.74) is 0.100. The Labute approximate surface area is 119 Å². The Morgan fingerprint density at radius 2 is 1.48 bits per heavy atom. The largest absolute Gasteiger partial charge is 0.508 e. The first-order chi connectivity index (χ1) is 9.88. The standard InChI is InChI=1S/C15H12O6/c16-9-2-3-10(13(19)6-9)11(17)4-1-8-5-14(20)15(21)7-12(8)18/h1-7,16,18-21H/b4-1+. The summed E-state index contributed by atoms with van der Waals surface area (Å²) in [6.07, 6.45) is 2.31. The van der Waals surface area contributed by atoms with Crippen molar-refractivity contribution in [3.63, 3.8) is 0 Å². The summed E-state index contributed by atoms with van der Waals surface area (Å²) in [5.74, 6) is -2.33. The molecule has 0 unspecified atom stereocenters. The molecule has 5 N–H and O–H groups in total. The predicted molar refractivity (Wildman–Crippen MR) is 74.6 cm³/mol. The Morgan fingerprint density at radius 1 is 0.810 bits per heavy atom. The van der Waals surface area contributed by atoms with Crippen LogP contribution in [0.4, 0.5) is 0 Å². The van der Waals surface area contributed by atoms with Gasteiger partial charge in [0.1, 0.15) is 17.2 Å². The molecule has 2 aromatic carbocycles. The van der Waals surface area contributed by atoms with E-state index in [1.165, 1.54) is 18.2 Å². The molecule has 0 aliphatic rings. The van der Waals surface area contributed by atoms with Crippen LogP contribution in [0.1, 0.15) is 15.9 Å². The average molecular weight is 288 g/mol. The highest BCUT2D eigenvalue weighted by Gasteiger charge is 2.10. The van der Waals surface area contributed by atoms with Gasteiger partial charge < -0.3 is 25.5 Å². The summed E-state index contributed by atoms with van der Waals surface area (Å²) in [7, 11) is 0. The van der Waals surface area contributed by atoms with Gasteiger partial charge in [0.2, 0.25) is 0 Å². The molecule has 0 fully saturated rings. The van der Waals surface area contributed by atoms with Gasteiger partial charge in [-0.1, -0.05) is 0 Å². The van der Waals surface area contributed by atoms with Crippen LogP contribution in [-0.4, -0.2) is 31.3 Å². The molecular weight excluding hydrogens is 276 g/mol. The summed E-state index contributed by atoms with van der Waals surface area (Å²) in [6.45, 7) is 0. The van der Waals surface area contributed by atoms with E-state index in [1.807, 2.05) is 0 Å². The van der Waals surface area contributed by atoms with E-state index in [0.717, 1.165) is 24.3 Å². The Morgan fingerprint density at radius 3 is 2.14 bits per heavy atom. The molecule has 0 saturated heterocycles. The van der Waals surface area contributed by atoms with Gasteiger partial charge in [-0.3, -0.25) is 4.79 Å². The second kappa shape index (κ2) is 5.46. The quantitative estimate of drug-likeness (QED) is 0.255. The van der Waals surface area contributed by atoms with Crippen LogP contribution in [-0.2, 0) is 0 Å². The number of rotatable bonds is 3. The van der Waals surface area contributed by atoms with E-state index in [4.69, 9.17) is 5.11 Å². The molecule has 108 valence electrons. The normalized spacial score (nSPS) is 10.9. The Balaban J connectivity index is 2.29. The highest BCUT2D eigenvalue weighted by atomic mass is 16.3. The van der Waals surface area contributed by atoms with Gasteiger partial charge in [-0.05, 0) is 30.4 Å². The van der Waals surface area contributed by atoms with Crippen molar-refractivity contribution in [1.82, 2.24) is 0 Å². The zero-order chi connectivity index (χ0) is 15.6. The van der Waals surface area contributed by atoms with Crippen molar-refractivity contribution in [2.45, 2.75) is 0 Å². The predicted octanol–water partition coefficient (Wildman–Crippen LogP) is 2.11. The molecule has 6 heteroatoms. The molecule has 0 radical (unpaired) electrons. The molecule has 0 aliphatic heterocycles. The number of phenolic OH excluding ortho intramolecular Hbond substituents is 5. The highest BCUT2D eigenvalue weighted by molar-refractivity contribution is 6.08. The van der Waals surface area contributed by atoms with Gasteiger partial charge in [0.05, 0.1) is 5.56 Å². The molecule has 0 heterocycles. The lowest BCUT2D eigenvalue weighted by molar-refractivity contribution is 0.104. The van der Waals surface area contributed by atoms with E-state index in [-0.39, 0.29) is 28.4 Å². The van der Waals surface area contributed by atoms with E-state index < -0.39 is 17.3 Å². The minimum atomic E-state index is -0.556. The SMILES string of the molecule is O=C(/C=C/c1cc(O)c(O)cc1O)c1ccc(O)cc1O. The second-order valence-corrected chi connectivity index (χ2v) is 4.30. The van der Waals surface area contributed by atoms with Gasteiger partial charge in [0.25, 0.3) is 0 Å². The molecular formula is C15H12O6. The number of hydrogen-bond acceptors (Lipinski definition) is 6. The summed E-state index contributed by atoms with van der Waals surface area (Å²) >= 11 is 0. The van der Waals surface area contributed by atoms with Crippen LogP contribution in [0.5, 0.6) is 28.7 Å². The molecule has 0 bridgehead atoms. The van der Waals surface area contributed by atoms with Crippen LogP contribution in [0.3, 0.4) is 0 Å². The maximum absolute atomic E-state index is 11.9. The van der Waals surface area contributed by atoms with Crippen LogP contribution in [0.2, 0.25) is 0 Å². The number of carbonyl (C=O) groups excluding carboxylic acids is 1. The number of ketones is 1. The lowest BCUT2D eigenvalue weighted by atomic mass is 10.1.